The molecular formula is C18H27N3OS. The standard InChI is InChI=1S/C18H27N3OS/c1-4-5-8-20(3)18(22)15-11-16-17(19-15)14(13(2)23-16)12-21-9-6-7-10-21/h11,19H,4-10,12H2,1-3H3. The summed E-state index contributed by atoms with van der Waals surface area (Å²) in [7, 11) is 1.89. The number of aromatic amines is 1. The van der Waals surface area contributed by atoms with Gasteiger partial charge in [-0.25, -0.2) is 0 Å². The summed E-state index contributed by atoms with van der Waals surface area (Å²) in [5.41, 5.74) is 3.28. The lowest BCUT2D eigenvalue weighted by molar-refractivity contribution is 0.0788. The summed E-state index contributed by atoms with van der Waals surface area (Å²) < 4.78 is 1.21. The summed E-state index contributed by atoms with van der Waals surface area (Å²) in [5, 5.41) is 0. The number of amides is 1. The highest BCUT2D eigenvalue weighted by Gasteiger charge is 2.20. The molecule has 4 nitrogen and oxygen atoms in total. The number of unbranched alkanes of at least 4 members (excludes halogenated alkanes) is 1. The van der Waals surface area contributed by atoms with E-state index in [1.165, 1.54) is 46.6 Å². The number of rotatable bonds is 6. The Bertz CT molecular complexity index is 682. The highest BCUT2D eigenvalue weighted by molar-refractivity contribution is 7.19. The summed E-state index contributed by atoms with van der Waals surface area (Å²) >= 11 is 1.80. The molecule has 0 atom stereocenters. The Labute approximate surface area is 142 Å². The molecule has 3 heterocycles. The number of thiophene rings is 1. The second-order valence-corrected chi connectivity index (χ2v) is 7.88. The van der Waals surface area contributed by atoms with Crippen molar-refractivity contribution in [2.75, 3.05) is 26.7 Å². The first-order chi connectivity index (χ1) is 11.1. The molecule has 0 spiro atoms. The molecule has 1 saturated heterocycles. The van der Waals surface area contributed by atoms with Crippen molar-refractivity contribution >= 4 is 27.5 Å². The van der Waals surface area contributed by atoms with Crippen molar-refractivity contribution in [2.45, 2.75) is 46.1 Å². The topological polar surface area (TPSA) is 39.3 Å². The smallest absolute Gasteiger partial charge is 0.270 e. The van der Waals surface area contributed by atoms with Crippen molar-refractivity contribution in [2.24, 2.45) is 0 Å². The van der Waals surface area contributed by atoms with Gasteiger partial charge in [0, 0.05) is 30.6 Å². The lowest BCUT2D eigenvalue weighted by Gasteiger charge is -2.16. The van der Waals surface area contributed by atoms with Crippen molar-refractivity contribution in [1.29, 1.82) is 0 Å². The molecule has 23 heavy (non-hydrogen) atoms. The van der Waals surface area contributed by atoms with Gasteiger partial charge in [-0.15, -0.1) is 11.3 Å². The molecule has 0 aromatic carbocycles. The number of carbonyl (C=O) groups excluding carboxylic acids is 1. The number of nitrogens with one attached hydrogen (secondary N) is 1. The molecule has 1 N–H and O–H groups in total. The van der Waals surface area contributed by atoms with Gasteiger partial charge < -0.3 is 9.88 Å². The Morgan fingerprint density at radius 3 is 2.83 bits per heavy atom. The monoisotopic (exact) mass is 333 g/mol. The molecule has 2 aromatic rings. The SMILES string of the molecule is CCCCN(C)C(=O)c1cc2sc(C)c(CN3CCCC3)c2[nH]1. The average Bonchev–Trinajstić information content (AvgIpc) is 3.23. The minimum atomic E-state index is 0.103. The molecule has 5 heteroatoms. The van der Waals surface area contributed by atoms with Crippen LogP contribution in [0.2, 0.25) is 0 Å². The number of aromatic nitrogens is 1. The first kappa shape index (κ1) is 16.5. The summed E-state index contributed by atoms with van der Waals surface area (Å²) in [6.45, 7) is 8.56. The lowest BCUT2D eigenvalue weighted by atomic mass is 10.2. The lowest BCUT2D eigenvalue weighted by Crippen LogP contribution is -2.27. The van der Waals surface area contributed by atoms with Gasteiger partial charge in [0.25, 0.3) is 5.91 Å². The molecular weight excluding hydrogens is 306 g/mol. The van der Waals surface area contributed by atoms with Gasteiger partial charge in [0.1, 0.15) is 5.69 Å². The quantitative estimate of drug-likeness (QED) is 0.867. The second-order valence-electron chi connectivity index (χ2n) is 6.62. The van der Waals surface area contributed by atoms with E-state index >= 15 is 0 Å². The fourth-order valence-corrected chi connectivity index (χ4v) is 4.39. The van der Waals surface area contributed by atoms with E-state index in [1.807, 2.05) is 18.0 Å². The molecule has 0 unspecified atom stereocenters. The minimum absolute atomic E-state index is 0.103. The Morgan fingerprint density at radius 2 is 2.13 bits per heavy atom. The third kappa shape index (κ3) is 3.45. The first-order valence-electron chi connectivity index (χ1n) is 8.69. The predicted molar refractivity (Wildman–Crippen MR) is 97.3 cm³/mol. The number of fused-ring (bicyclic) bond motifs is 1. The van der Waals surface area contributed by atoms with Crippen molar-refractivity contribution in [1.82, 2.24) is 14.8 Å². The molecule has 0 saturated carbocycles. The normalized spacial score (nSPS) is 15.6. The van der Waals surface area contributed by atoms with Crippen LogP contribution in [0.5, 0.6) is 0 Å². The van der Waals surface area contributed by atoms with E-state index in [1.54, 1.807) is 11.3 Å². The van der Waals surface area contributed by atoms with Gasteiger partial charge in [0.05, 0.1) is 10.2 Å². The zero-order valence-electron chi connectivity index (χ0n) is 14.4. The van der Waals surface area contributed by atoms with E-state index in [2.05, 4.69) is 23.7 Å². The fourth-order valence-electron chi connectivity index (χ4n) is 3.32. The van der Waals surface area contributed by atoms with Crippen LogP contribution in [0.1, 0.15) is 53.5 Å². The molecule has 0 bridgehead atoms. The number of likely N-dealkylation sites (tertiary alicyclic amines) is 1. The summed E-state index contributed by atoms with van der Waals surface area (Å²) in [6, 6.07) is 2.03. The first-order valence-corrected chi connectivity index (χ1v) is 9.50. The zero-order chi connectivity index (χ0) is 16.4. The Kier molecular flexibility index (Phi) is 5.07. The molecule has 1 aliphatic rings. The minimum Gasteiger partial charge on any atom is -0.350 e. The van der Waals surface area contributed by atoms with Crippen LogP contribution in [-0.2, 0) is 6.54 Å². The number of H-pyrrole nitrogens is 1. The maximum atomic E-state index is 12.5. The predicted octanol–water partition coefficient (Wildman–Crippen LogP) is 4.01. The number of aryl methyl sites for hydroxylation is 1. The largest absolute Gasteiger partial charge is 0.350 e. The van der Waals surface area contributed by atoms with Crippen LogP contribution >= 0.6 is 11.3 Å². The highest BCUT2D eigenvalue weighted by Crippen LogP contribution is 2.33. The molecule has 1 amide bonds. The molecule has 0 aliphatic carbocycles. The highest BCUT2D eigenvalue weighted by atomic mass is 32.1. The molecule has 1 aliphatic heterocycles. The third-order valence-electron chi connectivity index (χ3n) is 4.78. The van der Waals surface area contributed by atoms with E-state index in [0.717, 1.165) is 31.6 Å². The summed E-state index contributed by atoms with van der Waals surface area (Å²) in [6.07, 6.45) is 4.78. The average molecular weight is 334 g/mol. The number of hydrogen-bond donors (Lipinski definition) is 1. The fraction of sp³-hybridized carbons (Fsp3) is 0.611. The van der Waals surface area contributed by atoms with Crippen LogP contribution in [0.4, 0.5) is 0 Å². The molecule has 0 radical (unpaired) electrons. The van der Waals surface area contributed by atoms with Crippen LogP contribution in [0.3, 0.4) is 0 Å². The Morgan fingerprint density at radius 1 is 1.39 bits per heavy atom. The van der Waals surface area contributed by atoms with Crippen molar-refractivity contribution in [3.05, 3.63) is 22.2 Å². The van der Waals surface area contributed by atoms with Crippen molar-refractivity contribution in [3.8, 4) is 0 Å². The molecule has 1 fully saturated rings. The number of nitrogens with zero attached hydrogens (tertiary/aromatic N) is 2. The van der Waals surface area contributed by atoms with E-state index < -0.39 is 0 Å². The van der Waals surface area contributed by atoms with Crippen LogP contribution in [0.25, 0.3) is 10.2 Å². The van der Waals surface area contributed by atoms with Gasteiger partial charge in [0.2, 0.25) is 0 Å². The van der Waals surface area contributed by atoms with Gasteiger partial charge in [-0.3, -0.25) is 9.69 Å². The van der Waals surface area contributed by atoms with Crippen LogP contribution in [0.15, 0.2) is 6.07 Å². The Hall–Kier alpha value is -1.33. The molecule has 126 valence electrons. The van der Waals surface area contributed by atoms with Crippen molar-refractivity contribution in [3.63, 3.8) is 0 Å². The van der Waals surface area contributed by atoms with Crippen LogP contribution in [0, 0.1) is 6.92 Å². The van der Waals surface area contributed by atoms with Crippen LogP contribution in [-0.4, -0.2) is 47.4 Å². The molecule has 3 rings (SSSR count). The van der Waals surface area contributed by atoms with Gasteiger partial charge >= 0.3 is 0 Å². The van der Waals surface area contributed by atoms with Crippen LogP contribution < -0.4 is 0 Å². The number of hydrogen-bond acceptors (Lipinski definition) is 3. The third-order valence-corrected chi connectivity index (χ3v) is 5.87. The summed E-state index contributed by atoms with van der Waals surface area (Å²) in [5.74, 6) is 0.103. The maximum Gasteiger partial charge on any atom is 0.270 e. The van der Waals surface area contributed by atoms with Crippen molar-refractivity contribution < 1.29 is 4.79 Å². The van der Waals surface area contributed by atoms with Gasteiger partial charge in [-0.1, -0.05) is 13.3 Å². The van der Waals surface area contributed by atoms with E-state index in [-0.39, 0.29) is 5.91 Å². The van der Waals surface area contributed by atoms with E-state index in [4.69, 9.17) is 0 Å². The van der Waals surface area contributed by atoms with Gasteiger partial charge in [-0.2, -0.15) is 0 Å². The zero-order valence-corrected chi connectivity index (χ0v) is 15.3. The molecule has 2 aromatic heterocycles. The van der Waals surface area contributed by atoms with E-state index in [9.17, 15) is 4.79 Å². The van der Waals surface area contributed by atoms with Gasteiger partial charge in [0.15, 0.2) is 0 Å². The summed E-state index contributed by atoms with van der Waals surface area (Å²) in [4.78, 5) is 21.7. The second kappa shape index (κ2) is 7.05. The van der Waals surface area contributed by atoms with E-state index in [0.29, 0.717) is 0 Å². The van der Waals surface area contributed by atoms with Gasteiger partial charge in [-0.05, 0) is 45.3 Å². The number of carbonyl (C=O) groups is 1. The Balaban J connectivity index is 1.81. The maximum absolute atomic E-state index is 12.5.